The molecule has 4 nitrogen and oxygen atoms in total. The van der Waals surface area contributed by atoms with Gasteiger partial charge in [-0.2, -0.15) is 0 Å². The lowest BCUT2D eigenvalue weighted by atomic mass is 10.3. The number of hydrogen-bond acceptors (Lipinski definition) is 4. The first-order chi connectivity index (χ1) is 6.60. The van der Waals surface area contributed by atoms with Gasteiger partial charge in [0.1, 0.15) is 0 Å². The average molecular weight is 197 g/mol. The van der Waals surface area contributed by atoms with E-state index >= 15 is 0 Å². The van der Waals surface area contributed by atoms with E-state index < -0.39 is 5.97 Å². The largest absolute Gasteiger partial charge is 0.481 e. The molecule has 0 amide bonds. The second-order valence-corrected chi connectivity index (χ2v) is 2.73. The minimum absolute atomic E-state index is 0.443. The van der Waals surface area contributed by atoms with E-state index in [4.69, 9.17) is 4.74 Å². The molecule has 0 N–H and O–H groups in total. The Morgan fingerprint density at radius 1 is 1.21 bits per heavy atom. The number of carbonyl (C=O) groups excluding carboxylic acids is 1. The third-order valence-electron chi connectivity index (χ3n) is 1.23. The van der Waals surface area contributed by atoms with Crippen molar-refractivity contribution in [2.24, 2.45) is 4.99 Å². The van der Waals surface area contributed by atoms with Gasteiger partial charge in [-0.25, -0.2) is 9.79 Å². The van der Waals surface area contributed by atoms with Crippen LogP contribution in [0.5, 0.6) is 0 Å². The molecule has 0 unspecified atom stereocenters. The Kier molecular flexibility index (Phi) is 6.11. The van der Waals surface area contributed by atoms with Crippen molar-refractivity contribution in [3.8, 4) is 0 Å². The molecule has 0 saturated heterocycles. The van der Waals surface area contributed by atoms with Crippen LogP contribution in [0, 0.1) is 0 Å². The van der Waals surface area contributed by atoms with Crippen molar-refractivity contribution in [1.29, 1.82) is 0 Å². The number of hydrogen-bond donors (Lipinski definition) is 0. The molecular weight excluding hydrogens is 182 g/mol. The van der Waals surface area contributed by atoms with Crippen molar-refractivity contribution in [2.75, 3.05) is 14.2 Å². The number of carbonyl (C=O) groups is 1. The van der Waals surface area contributed by atoms with E-state index in [0.29, 0.717) is 5.90 Å². The lowest BCUT2D eigenvalue weighted by Crippen LogP contribution is -1.97. The van der Waals surface area contributed by atoms with Crippen molar-refractivity contribution < 1.29 is 14.3 Å². The van der Waals surface area contributed by atoms with Crippen LogP contribution in [0.4, 0.5) is 0 Å². The summed E-state index contributed by atoms with van der Waals surface area (Å²) in [5, 5.41) is 0. The number of methoxy groups -OCH3 is 2. The van der Waals surface area contributed by atoms with Crippen LogP contribution < -0.4 is 0 Å². The van der Waals surface area contributed by atoms with Gasteiger partial charge in [-0.1, -0.05) is 5.57 Å². The Labute approximate surface area is 83.9 Å². The maximum atomic E-state index is 10.7. The van der Waals surface area contributed by atoms with Gasteiger partial charge in [0.15, 0.2) is 0 Å². The smallest absolute Gasteiger partial charge is 0.332 e. The predicted molar refractivity (Wildman–Crippen MR) is 55.0 cm³/mol. The van der Waals surface area contributed by atoms with Gasteiger partial charge in [0, 0.05) is 12.3 Å². The highest BCUT2D eigenvalue weighted by atomic mass is 16.5. The molecule has 78 valence electrons. The van der Waals surface area contributed by atoms with E-state index in [1.807, 2.05) is 13.8 Å². The maximum absolute atomic E-state index is 10.7. The van der Waals surface area contributed by atoms with Crippen LogP contribution in [-0.2, 0) is 14.3 Å². The minimum Gasteiger partial charge on any atom is -0.481 e. The van der Waals surface area contributed by atoms with Gasteiger partial charge in [0.25, 0.3) is 0 Å². The van der Waals surface area contributed by atoms with E-state index in [1.165, 1.54) is 26.5 Å². The fraction of sp³-hybridized carbons (Fsp3) is 0.400. The van der Waals surface area contributed by atoms with E-state index in [1.54, 1.807) is 6.08 Å². The lowest BCUT2D eigenvalue weighted by Gasteiger charge is -1.97. The second kappa shape index (κ2) is 6.88. The molecule has 0 aromatic rings. The number of esters is 1. The molecule has 4 heteroatoms. The van der Waals surface area contributed by atoms with Crippen molar-refractivity contribution >= 4 is 11.9 Å². The van der Waals surface area contributed by atoms with Crippen LogP contribution in [0.3, 0.4) is 0 Å². The van der Waals surface area contributed by atoms with Crippen molar-refractivity contribution in [2.45, 2.75) is 13.8 Å². The average Bonchev–Trinajstić information content (AvgIpc) is 2.15. The summed E-state index contributed by atoms with van der Waals surface area (Å²) in [5.74, 6) is 0.00607. The van der Waals surface area contributed by atoms with E-state index in [2.05, 4.69) is 9.73 Å². The van der Waals surface area contributed by atoms with Gasteiger partial charge in [-0.3, -0.25) is 0 Å². The number of allylic oxidation sites excluding steroid dienone is 1. The summed E-state index contributed by atoms with van der Waals surface area (Å²) < 4.78 is 9.34. The van der Waals surface area contributed by atoms with Gasteiger partial charge >= 0.3 is 5.97 Å². The first kappa shape index (κ1) is 12.4. The first-order valence-corrected chi connectivity index (χ1v) is 4.11. The summed E-state index contributed by atoms with van der Waals surface area (Å²) in [6, 6.07) is 0. The van der Waals surface area contributed by atoms with Gasteiger partial charge in [0.2, 0.25) is 5.90 Å². The predicted octanol–water partition coefficient (Wildman–Crippen LogP) is 1.68. The quantitative estimate of drug-likeness (QED) is 0.299. The summed E-state index contributed by atoms with van der Waals surface area (Å²) in [7, 11) is 2.83. The molecular formula is C10H15NO3. The normalized spacial score (nSPS) is 11.3. The zero-order valence-electron chi connectivity index (χ0n) is 8.90. The lowest BCUT2D eigenvalue weighted by molar-refractivity contribution is -0.134. The molecule has 0 aliphatic carbocycles. The van der Waals surface area contributed by atoms with Crippen LogP contribution >= 0.6 is 0 Å². The molecule has 0 fully saturated rings. The number of nitrogens with zero attached hydrogens (tertiary/aromatic N) is 1. The van der Waals surface area contributed by atoms with E-state index in [9.17, 15) is 4.79 Å². The molecule has 0 saturated carbocycles. The van der Waals surface area contributed by atoms with Crippen molar-refractivity contribution in [1.82, 2.24) is 0 Å². The van der Waals surface area contributed by atoms with Crippen LogP contribution in [0.25, 0.3) is 0 Å². The van der Waals surface area contributed by atoms with Gasteiger partial charge < -0.3 is 9.47 Å². The molecule has 0 aliphatic rings. The Bertz CT molecular complexity index is 273. The third-order valence-corrected chi connectivity index (χ3v) is 1.23. The van der Waals surface area contributed by atoms with E-state index in [-0.39, 0.29) is 0 Å². The molecule has 0 radical (unpaired) electrons. The minimum atomic E-state index is -0.443. The molecule has 0 aromatic carbocycles. The Balaban J connectivity index is 4.40. The second-order valence-electron chi connectivity index (χ2n) is 2.73. The summed E-state index contributed by atoms with van der Waals surface area (Å²) in [5.41, 5.74) is 1.07. The van der Waals surface area contributed by atoms with Crippen LogP contribution in [0.2, 0.25) is 0 Å². The highest BCUT2D eigenvalue weighted by Gasteiger charge is 1.92. The van der Waals surface area contributed by atoms with Crippen LogP contribution in [0.1, 0.15) is 13.8 Å². The maximum Gasteiger partial charge on any atom is 0.332 e. The van der Waals surface area contributed by atoms with Gasteiger partial charge in [0.05, 0.1) is 14.2 Å². The monoisotopic (exact) mass is 197 g/mol. The molecule has 0 heterocycles. The highest BCUT2D eigenvalue weighted by Crippen LogP contribution is 1.93. The van der Waals surface area contributed by atoms with Crippen LogP contribution in [-0.4, -0.2) is 26.1 Å². The van der Waals surface area contributed by atoms with Crippen molar-refractivity contribution in [3.63, 3.8) is 0 Å². The molecule has 0 atom stereocenters. The topological polar surface area (TPSA) is 47.9 Å². The SMILES string of the molecule is COC(=O)/C=C/N=C(C=C(C)C)OC. The van der Waals surface area contributed by atoms with Crippen molar-refractivity contribution in [3.05, 3.63) is 23.9 Å². The Morgan fingerprint density at radius 3 is 2.29 bits per heavy atom. The standard InChI is InChI=1S/C10H15NO3/c1-8(2)7-9(13-3)11-6-5-10(12)14-4/h5-7H,1-4H3/b6-5+,11-9?. The van der Waals surface area contributed by atoms with Gasteiger partial charge in [-0.05, 0) is 19.9 Å². The number of ether oxygens (including phenoxy) is 2. The number of aliphatic imine (C=N–C) groups is 1. The zero-order valence-corrected chi connectivity index (χ0v) is 8.90. The summed E-state index contributed by atoms with van der Waals surface area (Å²) >= 11 is 0. The Hall–Kier alpha value is -1.58. The fourth-order valence-electron chi connectivity index (χ4n) is 0.635. The molecule has 0 aromatic heterocycles. The third kappa shape index (κ3) is 5.99. The molecule has 0 spiro atoms. The molecule has 14 heavy (non-hydrogen) atoms. The Morgan fingerprint density at radius 2 is 1.86 bits per heavy atom. The van der Waals surface area contributed by atoms with Crippen LogP contribution in [0.15, 0.2) is 28.9 Å². The summed E-state index contributed by atoms with van der Waals surface area (Å²) in [6.07, 6.45) is 4.32. The first-order valence-electron chi connectivity index (χ1n) is 4.11. The van der Waals surface area contributed by atoms with Gasteiger partial charge in [-0.15, -0.1) is 0 Å². The molecule has 0 bridgehead atoms. The van der Waals surface area contributed by atoms with E-state index in [0.717, 1.165) is 5.57 Å². The molecule has 0 aliphatic heterocycles. The molecule has 0 rings (SSSR count). The summed E-state index contributed by atoms with van der Waals surface area (Å²) in [6.45, 7) is 3.86. The number of rotatable bonds is 3. The fourth-order valence-corrected chi connectivity index (χ4v) is 0.635. The highest BCUT2D eigenvalue weighted by molar-refractivity contribution is 5.89. The summed E-state index contributed by atoms with van der Waals surface area (Å²) in [4.78, 5) is 14.6. The zero-order chi connectivity index (χ0) is 11.0.